The minimum Gasteiger partial charge on any atom is -0.493 e. The first kappa shape index (κ1) is 22.2. The van der Waals surface area contributed by atoms with E-state index in [1.165, 1.54) is 17.2 Å². The van der Waals surface area contributed by atoms with E-state index in [4.69, 9.17) is 14.2 Å². The van der Waals surface area contributed by atoms with Crippen LogP contribution in [0.15, 0.2) is 60.7 Å². The standard InChI is InChI=1S/C25H27NO5/c1-3-30-23-17-19(9-11-22(23)29-2)10-12-25(28)31-18-24(27)26-15-13-21(14-16-26)20-7-5-4-6-8-20/h4-13,17H,3,14-16,18H2,1-2H3/b12-10+. The third kappa shape index (κ3) is 6.22. The van der Waals surface area contributed by atoms with Gasteiger partial charge in [-0.3, -0.25) is 4.79 Å². The number of esters is 1. The van der Waals surface area contributed by atoms with Crippen LogP contribution in [0.25, 0.3) is 11.6 Å². The van der Waals surface area contributed by atoms with Gasteiger partial charge in [0.05, 0.1) is 13.7 Å². The van der Waals surface area contributed by atoms with Crippen molar-refractivity contribution in [1.82, 2.24) is 4.90 Å². The molecule has 1 heterocycles. The van der Waals surface area contributed by atoms with Gasteiger partial charge in [-0.2, -0.15) is 0 Å². The number of carbonyl (C=O) groups excluding carboxylic acids is 2. The molecule has 0 radical (unpaired) electrons. The monoisotopic (exact) mass is 421 g/mol. The molecule has 0 saturated carbocycles. The number of rotatable bonds is 8. The summed E-state index contributed by atoms with van der Waals surface area (Å²) in [6, 6.07) is 15.5. The van der Waals surface area contributed by atoms with Gasteiger partial charge in [-0.05, 0) is 48.3 Å². The second-order valence-electron chi connectivity index (χ2n) is 6.97. The zero-order valence-corrected chi connectivity index (χ0v) is 17.9. The van der Waals surface area contributed by atoms with Crippen LogP contribution < -0.4 is 9.47 Å². The number of benzene rings is 2. The molecule has 0 saturated heterocycles. The van der Waals surface area contributed by atoms with E-state index in [1.54, 1.807) is 36.3 Å². The third-order valence-electron chi connectivity index (χ3n) is 4.94. The highest BCUT2D eigenvalue weighted by Gasteiger charge is 2.18. The van der Waals surface area contributed by atoms with Crippen molar-refractivity contribution >= 4 is 23.5 Å². The first-order valence-corrected chi connectivity index (χ1v) is 10.3. The van der Waals surface area contributed by atoms with Crippen LogP contribution in [0.4, 0.5) is 0 Å². The Morgan fingerprint density at radius 2 is 1.90 bits per heavy atom. The lowest BCUT2D eigenvalue weighted by Crippen LogP contribution is -2.37. The van der Waals surface area contributed by atoms with Crippen LogP contribution >= 0.6 is 0 Å². The predicted molar refractivity (Wildman–Crippen MR) is 120 cm³/mol. The molecule has 1 aliphatic rings. The summed E-state index contributed by atoms with van der Waals surface area (Å²) in [7, 11) is 1.57. The smallest absolute Gasteiger partial charge is 0.331 e. The fourth-order valence-electron chi connectivity index (χ4n) is 3.31. The summed E-state index contributed by atoms with van der Waals surface area (Å²) in [6.45, 7) is 3.25. The summed E-state index contributed by atoms with van der Waals surface area (Å²) in [4.78, 5) is 26.1. The predicted octanol–water partition coefficient (Wildman–Crippen LogP) is 3.97. The van der Waals surface area contributed by atoms with Gasteiger partial charge in [0.25, 0.3) is 5.91 Å². The van der Waals surface area contributed by atoms with Crippen molar-refractivity contribution in [3.63, 3.8) is 0 Å². The second kappa shape index (κ2) is 11.0. The number of methoxy groups -OCH3 is 1. The van der Waals surface area contributed by atoms with Gasteiger partial charge in [0.2, 0.25) is 0 Å². The summed E-state index contributed by atoms with van der Waals surface area (Å²) >= 11 is 0. The Kier molecular flexibility index (Phi) is 7.87. The minimum absolute atomic E-state index is 0.201. The van der Waals surface area contributed by atoms with E-state index in [-0.39, 0.29) is 12.5 Å². The van der Waals surface area contributed by atoms with E-state index in [0.717, 1.165) is 12.0 Å². The van der Waals surface area contributed by atoms with Crippen LogP contribution in [-0.4, -0.2) is 50.2 Å². The molecule has 162 valence electrons. The molecule has 0 fully saturated rings. The van der Waals surface area contributed by atoms with E-state index >= 15 is 0 Å². The zero-order chi connectivity index (χ0) is 22.1. The van der Waals surface area contributed by atoms with E-state index in [9.17, 15) is 9.59 Å². The molecule has 0 aromatic heterocycles. The molecular formula is C25H27NO5. The summed E-state index contributed by atoms with van der Waals surface area (Å²) in [5, 5.41) is 0. The molecule has 0 spiro atoms. The molecule has 0 unspecified atom stereocenters. The Labute approximate surface area is 182 Å². The highest BCUT2D eigenvalue weighted by molar-refractivity contribution is 5.89. The summed E-state index contributed by atoms with van der Waals surface area (Å²) < 4.78 is 15.9. The van der Waals surface area contributed by atoms with Crippen molar-refractivity contribution in [3.8, 4) is 11.5 Å². The number of nitrogens with zero attached hydrogens (tertiary/aromatic N) is 1. The van der Waals surface area contributed by atoms with Gasteiger partial charge in [-0.15, -0.1) is 0 Å². The molecule has 3 rings (SSSR count). The van der Waals surface area contributed by atoms with Crippen molar-refractivity contribution in [2.24, 2.45) is 0 Å². The first-order chi connectivity index (χ1) is 15.1. The van der Waals surface area contributed by atoms with Crippen molar-refractivity contribution in [2.75, 3.05) is 33.4 Å². The van der Waals surface area contributed by atoms with Gasteiger partial charge in [-0.25, -0.2) is 4.79 Å². The quantitative estimate of drug-likeness (QED) is 0.477. The third-order valence-corrected chi connectivity index (χ3v) is 4.94. The topological polar surface area (TPSA) is 65.1 Å². The maximum atomic E-state index is 12.4. The lowest BCUT2D eigenvalue weighted by atomic mass is 10.00. The fourth-order valence-corrected chi connectivity index (χ4v) is 3.31. The Hall–Kier alpha value is -3.54. The van der Waals surface area contributed by atoms with Crippen LogP contribution in [0.2, 0.25) is 0 Å². The molecule has 0 N–H and O–H groups in total. The van der Waals surface area contributed by atoms with Crippen LogP contribution in [0.3, 0.4) is 0 Å². The largest absolute Gasteiger partial charge is 0.493 e. The number of ether oxygens (including phenoxy) is 3. The Morgan fingerprint density at radius 1 is 1.10 bits per heavy atom. The molecule has 1 aliphatic heterocycles. The molecule has 6 nitrogen and oxygen atoms in total. The molecule has 0 bridgehead atoms. The average molecular weight is 421 g/mol. The van der Waals surface area contributed by atoms with Gasteiger partial charge >= 0.3 is 5.97 Å². The summed E-state index contributed by atoms with van der Waals surface area (Å²) in [5.41, 5.74) is 3.18. The SMILES string of the molecule is CCOc1cc(/C=C/C(=O)OCC(=O)N2CC=C(c3ccccc3)CC2)ccc1OC. The van der Waals surface area contributed by atoms with Gasteiger partial charge in [0, 0.05) is 19.2 Å². The molecule has 2 aromatic carbocycles. The van der Waals surface area contributed by atoms with Crippen molar-refractivity contribution < 1.29 is 23.8 Å². The van der Waals surface area contributed by atoms with Crippen molar-refractivity contribution in [2.45, 2.75) is 13.3 Å². The van der Waals surface area contributed by atoms with E-state index in [0.29, 0.717) is 31.2 Å². The maximum Gasteiger partial charge on any atom is 0.331 e. The fraction of sp³-hybridized carbons (Fsp3) is 0.280. The number of amides is 1. The van der Waals surface area contributed by atoms with E-state index in [1.807, 2.05) is 25.1 Å². The Morgan fingerprint density at radius 3 is 2.58 bits per heavy atom. The van der Waals surface area contributed by atoms with E-state index in [2.05, 4.69) is 18.2 Å². The molecule has 2 aromatic rings. The van der Waals surface area contributed by atoms with Gasteiger partial charge in [0.1, 0.15) is 0 Å². The van der Waals surface area contributed by atoms with Crippen molar-refractivity contribution in [3.05, 3.63) is 71.8 Å². The maximum absolute atomic E-state index is 12.4. The highest BCUT2D eigenvalue weighted by atomic mass is 16.5. The number of carbonyl (C=O) groups is 2. The highest BCUT2D eigenvalue weighted by Crippen LogP contribution is 2.28. The molecule has 0 atom stereocenters. The van der Waals surface area contributed by atoms with E-state index < -0.39 is 5.97 Å². The Bertz CT molecular complexity index is 965. The summed E-state index contributed by atoms with van der Waals surface area (Å²) in [6.07, 6.45) is 5.75. The van der Waals surface area contributed by atoms with Crippen LogP contribution in [-0.2, 0) is 14.3 Å². The Balaban J connectivity index is 1.49. The number of hydrogen-bond donors (Lipinski definition) is 0. The average Bonchev–Trinajstić information content (AvgIpc) is 2.82. The van der Waals surface area contributed by atoms with Crippen molar-refractivity contribution in [1.29, 1.82) is 0 Å². The molecule has 0 aliphatic carbocycles. The number of hydrogen-bond acceptors (Lipinski definition) is 5. The van der Waals surface area contributed by atoms with Crippen LogP contribution in [0.5, 0.6) is 11.5 Å². The van der Waals surface area contributed by atoms with Gasteiger partial charge in [-0.1, -0.05) is 42.5 Å². The normalized spacial score (nSPS) is 13.6. The molecule has 31 heavy (non-hydrogen) atoms. The summed E-state index contributed by atoms with van der Waals surface area (Å²) in [5.74, 6) is 0.453. The van der Waals surface area contributed by atoms with Crippen LogP contribution in [0.1, 0.15) is 24.5 Å². The second-order valence-corrected chi connectivity index (χ2v) is 6.97. The van der Waals surface area contributed by atoms with Gasteiger partial charge < -0.3 is 19.1 Å². The lowest BCUT2D eigenvalue weighted by molar-refractivity contribution is -0.147. The molecule has 1 amide bonds. The first-order valence-electron chi connectivity index (χ1n) is 10.3. The minimum atomic E-state index is -0.570. The van der Waals surface area contributed by atoms with Gasteiger partial charge in [0.15, 0.2) is 18.1 Å². The van der Waals surface area contributed by atoms with Crippen LogP contribution in [0, 0.1) is 0 Å². The zero-order valence-electron chi connectivity index (χ0n) is 17.9. The molecular weight excluding hydrogens is 394 g/mol. The molecule has 6 heteroatoms. The lowest BCUT2D eigenvalue weighted by Gasteiger charge is -2.26.